The molecular formula is C26H29N3O3. The number of aryl methyl sites for hydroxylation is 1. The predicted molar refractivity (Wildman–Crippen MR) is 123 cm³/mol. The highest BCUT2D eigenvalue weighted by Crippen LogP contribution is 2.37. The lowest BCUT2D eigenvalue weighted by Crippen LogP contribution is -2.50. The summed E-state index contributed by atoms with van der Waals surface area (Å²) in [7, 11) is 0. The molecule has 1 amide bonds. The Kier molecular flexibility index (Phi) is 6.69. The molecule has 0 radical (unpaired) electrons. The van der Waals surface area contributed by atoms with Gasteiger partial charge in [0.2, 0.25) is 0 Å². The molecule has 32 heavy (non-hydrogen) atoms. The van der Waals surface area contributed by atoms with Gasteiger partial charge in [-0.15, -0.1) is 0 Å². The molecule has 1 aromatic heterocycles. The van der Waals surface area contributed by atoms with Gasteiger partial charge in [0, 0.05) is 36.7 Å². The van der Waals surface area contributed by atoms with E-state index in [1.807, 2.05) is 65.1 Å². The van der Waals surface area contributed by atoms with E-state index in [0.29, 0.717) is 31.7 Å². The third-order valence-corrected chi connectivity index (χ3v) is 6.22. The number of nitrogens with zero attached hydrogens (tertiary/aromatic N) is 3. The monoisotopic (exact) mass is 431 g/mol. The van der Waals surface area contributed by atoms with Crippen LogP contribution in [0.2, 0.25) is 0 Å². The third-order valence-electron chi connectivity index (χ3n) is 6.22. The fourth-order valence-electron chi connectivity index (χ4n) is 4.46. The molecule has 166 valence electrons. The van der Waals surface area contributed by atoms with Crippen LogP contribution in [0.4, 0.5) is 0 Å². The Morgan fingerprint density at radius 1 is 1.09 bits per heavy atom. The van der Waals surface area contributed by atoms with Gasteiger partial charge in [-0.1, -0.05) is 30.3 Å². The molecule has 0 bridgehead atoms. The molecular weight excluding hydrogens is 402 g/mol. The van der Waals surface area contributed by atoms with Crippen molar-refractivity contribution in [1.29, 1.82) is 0 Å². The van der Waals surface area contributed by atoms with Crippen LogP contribution in [0.25, 0.3) is 5.69 Å². The number of amides is 1. The fraction of sp³-hybridized carbons (Fsp3) is 0.346. The van der Waals surface area contributed by atoms with Crippen molar-refractivity contribution >= 4 is 11.9 Å². The first-order valence-electron chi connectivity index (χ1n) is 11.2. The standard InChI is InChI=1S/C26H29N3O3/c1-2-32-25(31)26(15-13-21-7-4-3-5-8-21)14-6-17-28(19-26)24(30)22-9-11-23(12-10-22)29-18-16-27-20-29/h3-5,7-12,16,18,20H,2,6,13-15,17,19H2,1H3. The summed E-state index contributed by atoms with van der Waals surface area (Å²) < 4.78 is 7.37. The summed E-state index contributed by atoms with van der Waals surface area (Å²) in [5.74, 6) is -0.237. The Hall–Kier alpha value is -3.41. The van der Waals surface area contributed by atoms with Gasteiger partial charge < -0.3 is 14.2 Å². The number of imidazole rings is 1. The van der Waals surface area contributed by atoms with Crippen molar-refractivity contribution in [3.8, 4) is 5.69 Å². The number of likely N-dealkylation sites (tertiary alicyclic amines) is 1. The molecule has 0 saturated carbocycles. The van der Waals surface area contributed by atoms with Crippen LogP contribution in [-0.2, 0) is 16.0 Å². The first-order chi connectivity index (χ1) is 15.6. The maximum Gasteiger partial charge on any atom is 0.313 e. The number of hydrogen-bond donors (Lipinski definition) is 0. The van der Waals surface area contributed by atoms with Gasteiger partial charge in [-0.3, -0.25) is 9.59 Å². The second kappa shape index (κ2) is 9.81. The van der Waals surface area contributed by atoms with E-state index in [1.54, 1.807) is 12.5 Å². The van der Waals surface area contributed by atoms with Crippen LogP contribution in [0.5, 0.6) is 0 Å². The van der Waals surface area contributed by atoms with E-state index in [-0.39, 0.29) is 11.9 Å². The summed E-state index contributed by atoms with van der Waals surface area (Å²) in [5.41, 5.74) is 2.09. The van der Waals surface area contributed by atoms with Crippen molar-refractivity contribution in [3.63, 3.8) is 0 Å². The van der Waals surface area contributed by atoms with Gasteiger partial charge in [0.05, 0.1) is 18.3 Å². The van der Waals surface area contributed by atoms with E-state index in [2.05, 4.69) is 17.1 Å². The minimum atomic E-state index is -0.670. The van der Waals surface area contributed by atoms with Crippen LogP contribution in [0.3, 0.4) is 0 Å². The number of ether oxygens (including phenoxy) is 1. The summed E-state index contributed by atoms with van der Waals surface area (Å²) in [4.78, 5) is 32.2. The molecule has 1 aliphatic heterocycles. The smallest absolute Gasteiger partial charge is 0.313 e. The van der Waals surface area contributed by atoms with Crippen LogP contribution >= 0.6 is 0 Å². The first kappa shape index (κ1) is 21.8. The molecule has 6 heteroatoms. The molecule has 0 N–H and O–H groups in total. The molecule has 2 aromatic carbocycles. The van der Waals surface area contributed by atoms with E-state index in [1.165, 1.54) is 5.56 Å². The summed E-state index contributed by atoms with van der Waals surface area (Å²) in [6.45, 7) is 3.21. The lowest BCUT2D eigenvalue weighted by atomic mass is 9.75. The SMILES string of the molecule is CCOC(=O)C1(CCc2ccccc2)CCCN(C(=O)c2ccc(-n3ccnc3)cc2)C1. The highest BCUT2D eigenvalue weighted by atomic mass is 16.5. The molecule has 1 unspecified atom stereocenters. The van der Waals surface area contributed by atoms with E-state index in [4.69, 9.17) is 4.74 Å². The average Bonchev–Trinajstić information content (AvgIpc) is 3.38. The van der Waals surface area contributed by atoms with E-state index >= 15 is 0 Å². The maximum atomic E-state index is 13.3. The molecule has 1 fully saturated rings. The largest absolute Gasteiger partial charge is 0.466 e. The van der Waals surface area contributed by atoms with E-state index in [9.17, 15) is 9.59 Å². The number of benzene rings is 2. The van der Waals surface area contributed by atoms with Crippen LogP contribution in [0.15, 0.2) is 73.3 Å². The molecule has 0 spiro atoms. The van der Waals surface area contributed by atoms with E-state index < -0.39 is 5.41 Å². The van der Waals surface area contributed by atoms with Crippen molar-refractivity contribution < 1.29 is 14.3 Å². The zero-order valence-corrected chi connectivity index (χ0v) is 18.4. The Balaban J connectivity index is 1.51. The van der Waals surface area contributed by atoms with Gasteiger partial charge in [0.1, 0.15) is 0 Å². The van der Waals surface area contributed by atoms with Gasteiger partial charge in [-0.25, -0.2) is 4.98 Å². The van der Waals surface area contributed by atoms with Crippen molar-refractivity contribution in [1.82, 2.24) is 14.5 Å². The van der Waals surface area contributed by atoms with Crippen LogP contribution < -0.4 is 0 Å². The Morgan fingerprint density at radius 2 is 1.88 bits per heavy atom. The molecule has 6 nitrogen and oxygen atoms in total. The van der Waals surface area contributed by atoms with Crippen molar-refractivity contribution in [2.24, 2.45) is 5.41 Å². The van der Waals surface area contributed by atoms with Crippen molar-refractivity contribution in [3.05, 3.63) is 84.4 Å². The van der Waals surface area contributed by atoms with E-state index in [0.717, 1.165) is 24.9 Å². The Labute approximate surface area is 188 Å². The molecule has 1 aliphatic rings. The Bertz CT molecular complexity index is 1030. The summed E-state index contributed by atoms with van der Waals surface area (Å²) in [6, 6.07) is 17.7. The number of esters is 1. The lowest BCUT2D eigenvalue weighted by Gasteiger charge is -2.41. The van der Waals surface area contributed by atoms with Crippen molar-refractivity contribution in [2.75, 3.05) is 19.7 Å². The maximum absolute atomic E-state index is 13.3. The molecule has 0 aliphatic carbocycles. The summed E-state index contributed by atoms with van der Waals surface area (Å²) in [6.07, 6.45) is 8.27. The molecule has 4 rings (SSSR count). The summed E-state index contributed by atoms with van der Waals surface area (Å²) in [5, 5.41) is 0. The van der Waals surface area contributed by atoms with Gasteiger partial charge >= 0.3 is 5.97 Å². The average molecular weight is 432 g/mol. The zero-order chi connectivity index (χ0) is 22.4. The van der Waals surface area contributed by atoms with Gasteiger partial charge in [-0.2, -0.15) is 0 Å². The second-order valence-electron chi connectivity index (χ2n) is 8.33. The van der Waals surface area contributed by atoms with Crippen LogP contribution in [-0.4, -0.2) is 46.0 Å². The topological polar surface area (TPSA) is 64.4 Å². The number of hydrogen-bond acceptors (Lipinski definition) is 4. The van der Waals surface area contributed by atoms with Gasteiger partial charge in [-0.05, 0) is 62.4 Å². The minimum absolute atomic E-state index is 0.0461. The second-order valence-corrected chi connectivity index (χ2v) is 8.33. The van der Waals surface area contributed by atoms with Crippen LogP contribution in [0.1, 0.15) is 42.1 Å². The number of aromatic nitrogens is 2. The summed E-state index contributed by atoms with van der Waals surface area (Å²) >= 11 is 0. The Morgan fingerprint density at radius 3 is 2.56 bits per heavy atom. The first-order valence-corrected chi connectivity index (χ1v) is 11.2. The number of carbonyl (C=O) groups is 2. The quantitative estimate of drug-likeness (QED) is 0.524. The molecule has 1 atom stereocenters. The zero-order valence-electron chi connectivity index (χ0n) is 18.4. The van der Waals surface area contributed by atoms with Gasteiger partial charge in [0.25, 0.3) is 5.91 Å². The van der Waals surface area contributed by atoms with Crippen molar-refractivity contribution in [2.45, 2.75) is 32.6 Å². The third kappa shape index (κ3) is 4.74. The highest BCUT2D eigenvalue weighted by Gasteiger charge is 2.44. The van der Waals surface area contributed by atoms with Crippen LogP contribution in [0, 0.1) is 5.41 Å². The fourth-order valence-corrected chi connectivity index (χ4v) is 4.46. The lowest BCUT2D eigenvalue weighted by molar-refractivity contribution is -0.159. The normalized spacial score (nSPS) is 18.3. The van der Waals surface area contributed by atoms with Gasteiger partial charge in [0.15, 0.2) is 0 Å². The minimum Gasteiger partial charge on any atom is -0.466 e. The molecule has 2 heterocycles. The number of piperidine rings is 1. The number of carbonyl (C=O) groups excluding carboxylic acids is 2. The molecule has 1 saturated heterocycles. The predicted octanol–water partition coefficient (Wildman–Crippen LogP) is 4.29. The number of rotatable bonds is 7. The highest BCUT2D eigenvalue weighted by molar-refractivity contribution is 5.95. The molecule has 3 aromatic rings.